The minimum absolute atomic E-state index is 0.310. The van der Waals surface area contributed by atoms with Crippen LogP contribution in [0.15, 0.2) is 42.7 Å². The van der Waals surface area contributed by atoms with E-state index in [1.54, 1.807) is 6.07 Å². The highest BCUT2D eigenvalue weighted by Crippen LogP contribution is 2.32. The average molecular weight is 248 g/mol. The first-order valence-corrected chi connectivity index (χ1v) is 5.03. The van der Waals surface area contributed by atoms with Gasteiger partial charge in [-0.25, -0.2) is 0 Å². The van der Waals surface area contributed by atoms with Crippen LogP contribution in [0.3, 0.4) is 0 Å². The lowest BCUT2D eigenvalue weighted by atomic mass is 10.0. The molecule has 0 saturated carbocycles. The van der Waals surface area contributed by atoms with Crippen LogP contribution < -0.4 is 0 Å². The third kappa shape index (κ3) is 2.48. The summed E-state index contributed by atoms with van der Waals surface area (Å²) in [5.74, 6) is 0. The maximum absolute atomic E-state index is 12.6. The summed E-state index contributed by atoms with van der Waals surface area (Å²) < 4.78 is 37.7. The minimum atomic E-state index is -4.38. The molecule has 2 nitrogen and oxygen atoms in total. The number of hydrogen-bond donors (Lipinski definition) is 0. The lowest BCUT2D eigenvalue weighted by molar-refractivity contribution is -0.137. The third-order valence-corrected chi connectivity index (χ3v) is 2.39. The molecule has 0 fully saturated rings. The normalized spacial score (nSPS) is 11.0. The van der Waals surface area contributed by atoms with Gasteiger partial charge in [-0.3, -0.25) is 4.98 Å². The van der Waals surface area contributed by atoms with E-state index in [9.17, 15) is 13.2 Å². The van der Waals surface area contributed by atoms with Gasteiger partial charge in [-0.15, -0.1) is 0 Å². The molecule has 18 heavy (non-hydrogen) atoms. The Morgan fingerprint density at radius 3 is 2.50 bits per heavy atom. The predicted octanol–water partition coefficient (Wildman–Crippen LogP) is 3.64. The van der Waals surface area contributed by atoms with Gasteiger partial charge in [-0.1, -0.05) is 12.1 Å². The van der Waals surface area contributed by atoms with Gasteiger partial charge >= 0.3 is 6.18 Å². The van der Waals surface area contributed by atoms with Crippen molar-refractivity contribution in [2.45, 2.75) is 6.18 Å². The van der Waals surface area contributed by atoms with Crippen LogP contribution in [0.4, 0.5) is 13.2 Å². The number of aromatic nitrogens is 1. The summed E-state index contributed by atoms with van der Waals surface area (Å²) in [5.41, 5.74) is 0.460. The molecule has 0 unspecified atom stereocenters. The summed E-state index contributed by atoms with van der Waals surface area (Å²) in [7, 11) is 0. The molecule has 0 bridgehead atoms. The van der Waals surface area contributed by atoms with Gasteiger partial charge in [-0.2, -0.15) is 18.4 Å². The second-order valence-electron chi connectivity index (χ2n) is 3.65. The molecule has 0 spiro atoms. The first-order chi connectivity index (χ1) is 8.50. The average Bonchev–Trinajstić information content (AvgIpc) is 2.38. The van der Waals surface area contributed by atoms with Crippen LogP contribution >= 0.6 is 0 Å². The van der Waals surface area contributed by atoms with Crippen LogP contribution in [-0.4, -0.2) is 4.98 Å². The molecule has 0 saturated heterocycles. The number of hydrogen-bond acceptors (Lipinski definition) is 2. The molecule has 0 aliphatic rings. The SMILES string of the molecule is N#Cc1cncc(-c2cccc(C(F)(F)F)c2)c1. The van der Waals surface area contributed by atoms with Crippen molar-refractivity contribution in [3.8, 4) is 17.2 Å². The highest BCUT2D eigenvalue weighted by molar-refractivity contribution is 5.64. The van der Waals surface area contributed by atoms with E-state index in [2.05, 4.69) is 4.98 Å². The quantitative estimate of drug-likeness (QED) is 0.772. The van der Waals surface area contributed by atoms with Crippen LogP contribution in [-0.2, 0) is 6.18 Å². The van der Waals surface area contributed by atoms with E-state index in [-0.39, 0.29) is 0 Å². The van der Waals surface area contributed by atoms with Crippen molar-refractivity contribution in [1.29, 1.82) is 5.26 Å². The molecule has 2 rings (SSSR count). The number of halogens is 3. The Morgan fingerprint density at radius 1 is 1.06 bits per heavy atom. The Kier molecular flexibility index (Phi) is 3.02. The van der Waals surface area contributed by atoms with E-state index >= 15 is 0 Å². The minimum Gasteiger partial charge on any atom is -0.263 e. The lowest BCUT2D eigenvalue weighted by Crippen LogP contribution is -2.04. The fraction of sp³-hybridized carbons (Fsp3) is 0.0769. The van der Waals surface area contributed by atoms with E-state index in [4.69, 9.17) is 5.26 Å². The number of nitrogens with zero attached hydrogens (tertiary/aromatic N) is 2. The second kappa shape index (κ2) is 4.49. The maximum atomic E-state index is 12.6. The van der Waals surface area contributed by atoms with Crippen molar-refractivity contribution < 1.29 is 13.2 Å². The smallest absolute Gasteiger partial charge is 0.263 e. The molecule has 1 aromatic carbocycles. The summed E-state index contributed by atoms with van der Waals surface area (Å²) >= 11 is 0. The summed E-state index contributed by atoms with van der Waals surface area (Å²) in [6, 6.07) is 8.32. The van der Waals surface area contributed by atoms with E-state index < -0.39 is 11.7 Å². The van der Waals surface area contributed by atoms with Gasteiger partial charge in [0, 0.05) is 18.0 Å². The van der Waals surface area contributed by atoms with E-state index in [1.165, 1.54) is 24.5 Å². The molecule has 5 heteroatoms. The molecule has 0 aliphatic heterocycles. The van der Waals surface area contributed by atoms with Crippen LogP contribution in [0.2, 0.25) is 0 Å². The molecular weight excluding hydrogens is 241 g/mol. The predicted molar refractivity (Wildman–Crippen MR) is 59.4 cm³/mol. The van der Waals surface area contributed by atoms with Crippen LogP contribution in [0.25, 0.3) is 11.1 Å². The van der Waals surface area contributed by atoms with Crippen LogP contribution in [0.1, 0.15) is 11.1 Å². The highest BCUT2D eigenvalue weighted by atomic mass is 19.4. The summed E-state index contributed by atoms with van der Waals surface area (Å²) in [6.07, 6.45) is -1.59. The molecule has 0 amide bonds. The van der Waals surface area contributed by atoms with Gasteiger partial charge in [0.2, 0.25) is 0 Å². The molecular formula is C13H7F3N2. The largest absolute Gasteiger partial charge is 0.416 e. The monoisotopic (exact) mass is 248 g/mol. The highest BCUT2D eigenvalue weighted by Gasteiger charge is 2.30. The number of pyridine rings is 1. The van der Waals surface area contributed by atoms with Gasteiger partial charge in [0.15, 0.2) is 0 Å². The van der Waals surface area contributed by atoms with Crippen LogP contribution in [0, 0.1) is 11.3 Å². The van der Waals surface area contributed by atoms with Crippen molar-refractivity contribution in [2.75, 3.05) is 0 Å². The fourth-order valence-corrected chi connectivity index (χ4v) is 1.53. The van der Waals surface area contributed by atoms with Gasteiger partial charge < -0.3 is 0 Å². The van der Waals surface area contributed by atoms with Gasteiger partial charge in [0.25, 0.3) is 0 Å². The lowest BCUT2D eigenvalue weighted by Gasteiger charge is -2.08. The van der Waals surface area contributed by atoms with E-state index in [0.29, 0.717) is 16.7 Å². The van der Waals surface area contributed by atoms with Crippen molar-refractivity contribution >= 4 is 0 Å². The molecule has 0 radical (unpaired) electrons. The van der Waals surface area contributed by atoms with Crippen LogP contribution in [0.5, 0.6) is 0 Å². The van der Waals surface area contributed by atoms with Gasteiger partial charge in [0.05, 0.1) is 11.1 Å². The Bertz CT molecular complexity index is 612. The second-order valence-corrected chi connectivity index (χ2v) is 3.65. The molecule has 1 aromatic heterocycles. The molecule has 90 valence electrons. The Morgan fingerprint density at radius 2 is 1.83 bits per heavy atom. The number of nitriles is 1. The topological polar surface area (TPSA) is 36.7 Å². The number of rotatable bonds is 1. The molecule has 0 N–H and O–H groups in total. The summed E-state index contributed by atoms with van der Waals surface area (Å²) in [6.45, 7) is 0. The molecule has 1 heterocycles. The van der Waals surface area contributed by atoms with Gasteiger partial charge in [0.1, 0.15) is 6.07 Å². The summed E-state index contributed by atoms with van der Waals surface area (Å²) in [4.78, 5) is 3.82. The Balaban J connectivity index is 2.48. The summed E-state index contributed by atoms with van der Waals surface area (Å²) in [5, 5.41) is 8.72. The molecule has 0 atom stereocenters. The zero-order chi connectivity index (χ0) is 13.2. The zero-order valence-corrected chi connectivity index (χ0v) is 9.07. The fourth-order valence-electron chi connectivity index (χ4n) is 1.53. The van der Waals surface area contributed by atoms with Gasteiger partial charge in [-0.05, 0) is 23.8 Å². The molecule has 2 aromatic rings. The molecule has 0 aliphatic carbocycles. The first kappa shape index (κ1) is 12.1. The zero-order valence-electron chi connectivity index (χ0n) is 9.07. The van der Waals surface area contributed by atoms with Crippen molar-refractivity contribution in [1.82, 2.24) is 4.98 Å². The van der Waals surface area contributed by atoms with Crippen molar-refractivity contribution in [3.63, 3.8) is 0 Å². The Hall–Kier alpha value is -2.35. The number of benzene rings is 1. The van der Waals surface area contributed by atoms with E-state index in [0.717, 1.165) is 12.1 Å². The number of alkyl halides is 3. The Labute approximate surface area is 101 Å². The first-order valence-electron chi connectivity index (χ1n) is 5.03. The standard InChI is InChI=1S/C13H7F3N2/c14-13(15,16)12-3-1-2-10(5-12)11-4-9(6-17)7-18-8-11/h1-5,7-8H. The van der Waals surface area contributed by atoms with E-state index in [1.807, 2.05) is 6.07 Å². The van der Waals surface area contributed by atoms with Crippen molar-refractivity contribution in [3.05, 3.63) is 53.9 Å². The maximum Gasteiger partial charge on any atom is 0.416 e. The van der Waals surface area contributed by atoms with Crippen molar-refractivity contribution in [2.24, 2.45) is 0 Å². The third-order valence-electron chi connectivity index (χ3n) is 2.39.